The standard InChI is InChI=1S/C25H40N2O8/c1-13-17(20(30)33-23(3,4)5)15(18(14(2)26-13)21(31)34-24(6,7)8)12-16(19(28)29)27-22(32)35-25(9,10)11/h15-16,26H,12H2,1-11H3,(H,27,32)(H,28,29)/t16-/m0/s1. The van der Waals surface area contributed by atoms with Crippen molar-refractivity contribution in [3.8, 4) is 0 Å². The number of rotatable bonds is 6. The Morgan fingerprint density at radius 3 is 1.49 bits per heavy atom. The van der Waals surface area contributed by atoms with Crippen molar-refractivity contribution < 1.29 is 38.5 Å². The van der Waals surface area contributed by atoms with Gasteiger partial charge in [-0.3, -0.25) is 0 Å². The highest BCUT2D eigenvalue weighted by atomic mass is 16.6. The normalized spacial score (nSPS) is 16.3. The van der Waals surface area contributed by atoms with Crippen LogP contribution in [0.4, 0.5) is 4.79 Å². The van der Waals surface area contributed by atoms with Crippen molar-refractivity contribution in [2.24, 2.45) is 5.92 Å². The van der Waals surface area contributed by atoms with Crippen LogP contribution in [0, 0.1) is 5.92 Å². The van der Waals surface area contributed by atoms with E-state index in [1.54, 1.807) is 76.2 Å². The third-order valence-electron chi connectivity index (χ3n) is 4.58. The summed E-state index contributed by atoms with van der Waals surface area (Å²) in [5.41, 5.74) is -1.52. The number of ether oxygens (including phenoxy) is 3. The van der Waals surface area contributed by atoms with Crippen LogP contribution in [-0.4, -0.2) is 52.0 Å². The molecule has 0 spiro atoms. The summed E-state index contributed by atoms with van der Waals surface area (Å²) in [6.45, 7) is 18.4. The third-order valence-corrected chi connectivity index (χ3v) is 4.58. The fourth-order valence-electron chi connectivity index (χ4n) is 3.48. The van der Waals surface area contributed by atoms with Crippen LogP contribution >= 0.6 is 0 Å². The van der Waals surface area contributed by atoms with E-state index in [0.29, 0.717) is 11.4 Å². The number of nitrogens with one attached hydrogen (secondary N) is 2. The zero-order valence-corrected chi connectivity index (χ0v) is 22.7. The van der Waals surface area contributed by atoms with Gasteiger partial charge in [0.05, 0.1) is 11.1 Å². The summed E-state index contributed by atoms with van der Waals surface area (Å²) >= 11 is 0. The number of alkyl carbamates (subject to hydrolysis) is 1. The van der Waals surface area contributed by atoms with Crippen molar-refractivity contribution in [1.29, 1.82) is 0 Å². The number of esters is 2. The van der Waals surface area contributed by atoms with E-state index in [0.717, 1.165) is 0 Å². The molecule has 0 aromatic heterocycles. The molecular formula is C25H40N2O8. The Morgan fingerprint density at radius 1 is 0.800 bits per heavy atom. The molecule has 0 fully saturated rings. The van der Waals surface area contributed by atoms with Gasteiger partial charge in [0.25, 0.3) is 0 Å². The molecule has 0 radical (unpaired) electrons. The molecule has 0 saturated heterocycles. The molecule has 10 heteroatoms. The summed E-state index contributed by atoms with van der Waals surface area (Å²) in [6, 6.07) is -1.47. The van der Waals surface area contributed by atoms with Crippen LogP contribution in [0.3, 0.4) is 0 Å². The van der Waals surface area contributed by atoms with Crippen LogP contribution < -0.4 is 10.6 Å². The Bertz CT molecular complexity index is 877. The molecule has 35 heavy (non-hydrogen) atoms. The Hall–Kier alpha value is -3.04. The Balaban J connectivity index is 3.52. The fraction of sp³-hybridized carbons (Fsp3) is 0.680. The van der Waals surface area contributed by atoms with Gasteiger partial charge in [0.2, 0.25) is 0 Å². The molecule has 0 aromatic carbocycles. The summed E-state index contributed by atoms with van der Waals surface area (Å²) < 4.78 is 16.3. The minimum Gasteiger partial charge on any atom is -0.480 e. The molecule has 0 unspecified atom stereocenters. The highest BCUT2D eigenvalue weighted by molar-refractivity contribution is 5.98. The molecule has 1 aliphatic rings. The lowest BCUT2D eigenvalue weighted by Gasteiger charge is -2.34. The molecule has 3 N–H and O–H groups in total. The van der Waals surface area contributed by atoms with Crippen molar-refractivity contribution in [2.45, 2.75) is 105 Å². The van der Waals surface area contributed by atoms with Gasteiger partial charge in [-0.25, -0.2) is 19.2 Å². The number of hydrogen-bond acceptors (Lipinski definition) is 8. The maximum absolute atomic E-state index is 13.2. The maximum atomic E-state index is 13.2. The van der Waals surface area contributed by atoms with Crippen LogP contribution in [0.2, 0.25) is 0 Å². The number of aliphatic carboxylic acids is 1. The van der Waals surface area contributed by atoms with Gasteiger partial charge < -0.3 is 30.0 Å². The molecule has 0 saturated carbocycles. The first-order valence-electron chi connectivity index (χ1n) is 11.5. The number of carboxylic acid groups (broad SMARTS) is 1. The second-order valence-corrected chi connectivity index (χ2v) is 11.5. The molecule has 10 nitrogen and oxygen atoms in total. The second-order valence-electron chi connectivity index (χ2n) is 11.5. The van der Waals surface area contributed by atoms with Gasteiger partial charge >= 0.3 is 24.0 Å². The molecular weight excluding hydrogens is 456 g/mol. The quantitative estimate of drug-likeness (QED) is 0.370. The molecule has 0 bridgehead atoms. The predicted molar refractivity (Wildman–Crippen MR) is 129 cm³/mol. The molecule has 198 valence electrons. The SMILES string of the molecule is CC1=C(C(=O)OC(C)(C)C)C(C[C@H](NC(=O)OC(C)(C)C)C(=O)O)C(C(=O)OC(C)(C)C)=C(C)N1. The molecule has 1 amide bonds. The fourth-order valence-corrected chi connectivity index (χ4v) is 3.48. The van der Waals surface area contributed by atoms with Crippen molar-refractivity contribution in [1.82, 2.24) is 10.6 Å². The van der Waals surface area contributed by atoms with E-state index in [4.69, 9.17) is 14.2 Å². The van der Waals surface area contributed by atoms with E-state index in [2.05, 4.69) is 10.6 Å². The highest BCUT2D eigenvalue weighted by Crippen LogP contribution is 2.36. The van der Waals surface area contributed by atoms with Crippen molar-refractivity contribution in [2.75, 3.05) is 0 Å². The van der Waals surface area contributed by atoms with Crippen LogP contribution in [0.1, 0.15) is 82.6 Å². The number of allylic oxidation sites excluding steroid dienone is 2. The summed E-state index contributed by atoms with van der Waals surface area (Å²) in [6.07, 6.45) is -1.24. The molecule has 0 aliphatic carbocycles. The van der Waals surface area contributed by atoms with Gasteiger partial charge in [0, 0.05) is 17.3 Å². The number of hydrogen-bond donors (Lipinski definition) is 3. The van der Waals surface area contributed by atoms with Gasteiger partial charge in [-0.05, 0) is 82.6 Å². The smallest absolute Gasteiger partial charge is 0.408 e. The number of carboxylic acids is 1. The number of dihydropyridines is 1. The predicted octanol–water partition coefficient (Wildman–Crippen LogP) is 3.81. The van der Waals surface area contributed by atoms with E-state index < -0.39 is 52.8 Å². The van der Waals surface area contributed by atoms with Gasteiger partial charge in [-0.15, -0.1) is 0 Å². The number of carbonyl (C=O) groups is 4. The van der Waals surface area contributed by atoms with Gasteiger partial charge in [0.1, 0.15) is 22.8 Å². The summed E-state index contributed by atoms with van der Waals surface area (Å²) in [5, 5.41) is 15.2. The van der Waals surface area contributed by atoms with Crippen LogP contribution in [0.25, 0.3) is 0 Å². The zero-order chi connectivity index (χ0) is 27.5. The minimum atomic E-state index is -1.47. The first-order chi connectivity index (χ1) is 15.6. The lowest BCUT2D eigenvalue weighted by atomic mass is 9.81. The maximum Gasteiger partial charge on any atom is 0.408 e. The molecule has 1 atom stereocenters. The number of carbonyl (C=O) groups excluding carboxylic acids is 3. The zero-order valence-electron chi connectivity index (χ0n) is 22.7. The van der Waals surface area contributed by atoms with Crippen LogP contribution in [0.15, 0.2) is 22.5 Å². The van der Waals surface area contributed by atoms with Crippen LogP contribution in [-0.2, 0) is 28.6 Å². The van der Waals surface area contributed by atoms with Gasteiger partial charge in [-0.2, -0.15) is 0 Å². The molecule has 1 aliphatic heterocycles. The Morgan fingerprint density at radius 2 is 1.17 bits per heavy atom. The van der Waals surface area contributed by atoms with Crippen LogP contribution in [0.5, 0.6) is 0 Å². The largest absolute Gasteiger partial charge is 0.480 e. The molecule has 0 aromatic rings. The van der Waals surface area contributed by atoms with E-state index in [1.165, 1.54) is 0 Å². The average Bonchev–Trinajstić information content (AvgIpc) is 2.55. The Labute approximate surface area is 207 Å². The van der Waals surface area contributed by atoms with E-state index >= 15 is 0 Å². The van der Waals surface area contributed by atoms with Gasteiger partial charge in [0.15, 0.2) is 0 Å². The summed E-state index contributed by atoms with van der Waals surface area (Å²) in [4.78, 5) is 50.8. The third kappa shape index (κ3) is 9.62. The van der Waals surface area contributed by atoms with E-state index in [-0.39, 0.29) is 17.6 Å². The monoisotopic (exact) mass is 496 g/mol. The average molecular weight is 497 g/mol. The second kappa shape index (κ2) is 10.7. The Kier molecular flexibility index (Phi) is 9.17. The summed E-state index contributed by atoms with van der Waals surface area (Å²) in [5.74, 6) is -3.79. The lowest BCUT2D eigenvalue weighted by molar-refractivity contribution is -0.152. The van der Waals surface area contributed by atoms with Crippen molar-refractivity contribution in [3.05, 3.63) is 22.5 Å². The first kappa shape index (κ1) is 30.0. The number of amides is 1. The topological polar surface area (TPSA) is 140 Å². The lowest BCUT2D eigenvalue weighted by Crippen LogP contribution is -2.46. The first-order valence-corrected chi connectivity index (χ1v) is 11.5. The minimum absolute atomic E-state index is 0.0867. The summed E-state index contributed by atoms with van der Waals surface area (Å²) in [7, 11) is 0. The van der Waals surface area contributed by atoms with E-state index in [9.17, 15) is 24.3 Å². The van der Waals surface area contributed by atoms with Gasteiger partial charge in [-0.1, -0.05) is 0 Å². The molecule has 1 rings (SSSR count). The van der Waals surface area contributed by atoms with Crippen molar-refractivity contribution >= 4 is 24.0 Å². The highest BCUT2D eigenvalue weighted by Gasteiger charge is 2.41. The molecule has 1 heterocycles. The van der Waals surface area contributed by atoms with Crippen molar-refractivity contribution in [3.63, 3.8) is 0 Å². The van der Waals surface area contributed by atoms with E-state index in [1.807, 2.05) is 0 Å².